The highest BCUT2D eigenvalue weighted by atomic mass is 79.9. The summed E-state index contributed by atoms with van der Waals surface area (Å²) < 4.78 is 30.7. The van der Waals surface area contributed by atoms with Gasteiger partial charge in [0.25, 0.3) is 0 Å². The van der Waals surface area contributed by atoms with Crippen LogP contribution >= 0.6 is 15.9 Å². The van der Waals surface area contributed by atoms with Crippen LogP contribution in [0.15, 0.2) is 26.3 Å². The first-order chi connectivity index (χ1) is 9.94. The lowest BCUT2D eigenvalue weighted by atomic mass is 10.1. The summed E-state index contributed by atoms with van der Waals surface area (Å²) >= 11 is 3.27. The normalized spacial score (nSPS) is 13.0. The van der Waals surface area contributed by atoms with Crippen molar-refractivity contribution in [3.63, 3.8) is 0 Å². The number of hydrogen-bond acceptors (Lipinski definition) is 4. The number of benzene rings is 1. The highest BCUT2D eigenvalue weighted by Crippen LogP contribution is 2.27. The van der Waals surface area contributed by atoms with E-state index in [0.717, 1.165) is 0 Å². The zero-order valence-corrected chi connectivity index (χ0v) is 15.2. The molecule has 0 fully saturated rings. The van der Waals surface area contributed by atoms with Gasteiger partial charge in [-0.05, 0) is 41.9 Å². The van der Waals surface area contributed by atoms with Gasteiger partial charge in [-0.1, -0.05) is 0 Å². The minimum atomic E-state index is -3.74. The molecule has 1 aromatic heterocycles. The molecule has 0 saturated heterocycles. The van der Waals surface area contributed by atoms with E-state index in [1.165, 1.54) is 15.2 Å². The number of nitrogens with zero attached hydrogens (tertiary/aromatic N) is 2. The van der Waals surface area contributed by atoms with Crippen LogP contribution < -0.4 is 16.1 Å². The summed E-state index contributed by atoms with van der Waals surface area (Å²) in [6.45, 7) is 3.57. The number of imidazole rings is 1. The summed E-state index contributed by atoms with van der Waals surface area (Å²) in [4.78, 5) is 12.0. The molecule has 0 unspecified atom stereocenters. The molecular weight excluding hydrogens is 372 g/mol. The van der Waals surface area contributed by atoms with Crippen LogP contribution in [-0.2, 0) is 24.1 Å². The number of aromatic nitrogens is 2. The van der Waals surface area contributed by atoms with Crippen molar-refractivity contribution in [1.82, 2.24) is 13.9 Å². The minimum absolute atomic E-state index is 0.0745. The maximum absolute atomic E-state index is 12.5. The number of sulfonamides is 1. The second-order valence-corrected chi connectivity index (χ2v) is 8.57. The number of fused-ring (bicyclic) bond motifs is 1. The molecule has 0 aliphatic carbocycles. The van der Waals surface area contributed by atoms with Crippen molar-refractivity contribution in [3.8, 4) is 0 Å². The van der Waals surface area contributed by atoms with Crippen molar-refractivity contribution in [3.05, 3.63) is 27.1 Å². The molecule has 0 bridgehead atoms. The van der Waals surface area contributed by atoms with Crippen molar-refractivity contribution < 1.29 is 8.42 Å². The van der Waals surface area contributed by atoms with Crippen LogP contribution in [0.3, 0.4) is 0 Å². The van der Waals surface area contributed by atoms with Crippen molar-refractivity contribution in [2.75, 3.05) is 6.54 Å². The van der Waals surface area contributed by atoms with Gasteiger partial charge in [0, 0.05) is 30.7 Å². The van der Waals surface area contributed by atoms with Crippen molar-refractivity contribution in [2.24, 2.45) is 19.8 Å². The van der Waals surface area contributed by atoms with Gasteiger partial charge in [0.1, 0.15) is 0 Å². The molecule has 0 radical (unpaired) electrons. The molecule has 7 nitrogen and oxygen atoms in total. The molecule has 2 rings (SSSR count). The Bertz CT molecular complexity index is 891. The van der Waals surface area contributed by atoms with Crippen molar-refractivity contribution in [1.29, 1.82) is 0 Å². The predicted molar refractivity (Wildman–Crippen MR) is 89.3 cm³/mol. The van der Waals surface area contributed by atoms with Crippen molar-refractivity contribution >= 4 is 37.0 Å². The van der Waals surface area contributed by atoms with Crippen LogP contribution in [0.5, 0.6) is 0 Å². The Morgan fingerprint density at radius 3 is 2.23 bits per heavy atom. The van der Waals surface area contributed by atoms with Gasteiger partial charge < -0.3 is 5.73 Å². The SMILES string of the molecule is Cn1c(=O)n(C)c2cc(S(=O)(=O)NCC(C)(C)N)c(Br)cc21. The monoisotopic (exact) mass is 390 g/mol. The predicted octanol–water partition coefficient (Wildman–Crippen LogP) is 0.655. The Balaban J connectivity index is 2.59. The number of halogens is 1. The van der Waals surface area contributed by atoms with E-state index in [4.69, 9.17) is 5.73 Å². The van der Waals surface area contributed by atoms with Gasteiger partial charge in [-0.25, -0.2) is 17.9 Å². The molecule has 0 aliphatic rings. The van der Waals surface area contributed by atoms with Crippen LogP contribution in [0.2, 0.25) is 0 Å². The number of aryl methyl sites for hydroxylation is 2. The highest BCUT2D eigenvalue weighted by molar-refractivity contribution is 9.10. The van der Waals surface area contributed by atoms with E-state index in [1.54, 1.807) is 34.0 Å². The second kappa shape index (κ2) is 5.48. The fourth-order valence-corrected chi connectivity index (χ4v) is 4.34. The molecule has 0 atom stereocenters. The van der Waals surface area contributed by atoms with Gasteiger partial charge in [0.15, 0.2) is 0 Å². The summed E-state index contributed by atoms with van der Waals surface area (Å²) in [5.74, 6) is 0. The molecule has 22 heavy (non-hydrogen) atoms. The van der Waals surface area contributed by atoms with E-state index in [0.29, 0.717) is 15.5 Å². The third-order valence-electron chi connectivity index (χ3n) is 3.33. The zero-order chi connectivity index (χ0) is 16.9. The third-order valence-corrected chi connectivity index (χ3v) is 5.69. The molecule has 0 spiro atoms. The fraction of sp³-hybridized carbons (Fsp3) is 0.462. The molecule has 0 aliphatic heterocycles. The Morgan fingerprint density at radius 2 is 1.73 bits per heavy atom. The lowest BCUT2D eigenvalue weighted by Crippen LogP contribution is -2.45. The molecule has 122 valence electrons. The third kappa shape index (κ3) is 3.12. The minimum Gasteiger partial charge on any atom is -0.324 e. The average molecular weight is 391 g/mol. The number of rotatable bonds is 4. The molecule has 2 aromatic rings. The summed E-state index contributed by atoms with van der Waals surface area (Å²) in [6, 6.07) is 3.10. The Morgan fingerprint density at radius 1 is 1.23 bits per heavy atom. The Hall–Kier alpha value is -1.16. The summed E-state index contributed by atoms with van der Waals surface area (Å²) in [5.41, 5.74) is 6.13. The maximum Gasteiger partial charge on any atom is 0.328 e. The van der Waals surface area contributed by atoms with Crippen LogP contribution in [0.25, 0.3) is 11.0 Å². The number of nitrogens with one attached hydrogen (secondary N) is 1. The molecular formula is C13H19BrN4O3S. The van der Waals surface area contributed by atoms with Gasteiger partial charge in [-0.2, -0.15) is 0 Å². The summed E-state index contributed by atoms with van der Waals surface area (Å²) in [6.07, 6.45) is 0. The molecule has 0 amide bonds. The Labute approximate surface area is 137 Å². The topological polar surface area (TPSA) is 99.1 Å². The lowest BCUT2D eigenvalue weighted by Gasteiger charge is -2.19. The van der Waals surface area contributed by atoms with Gasteiger partial charge >= 0.3 is 5.69 Å². The first kappa shape index (κ1) is 17.2. The molecule has 3 N–H and O–H groups in total. The lowest BCUT2D eigenvalue weighted by molar-refractivity contribution is 0.498. The molecule has 1 aromatic carbocycles. The molecule has 0 saturated carbocycles. The van der Waals surface area contributed by atoms with Crippen molar-refractivity contribution in [2.45, 2.75) is 24.3 Å². The summed E-state index contributed by atoms with van der Waals surface area (Å²) in [7, 11) is -0.496. The number of nitrogens with two attached hydrogens (primary N) is 1. The van der Waals surface area contributed by atoms with E-state index in [1.807, 2.05) is 0 Å². The van der Waals surface area contributed by atoms with Crippen LogP contribution in [0, 0.1) is 0 Å². The van der Waals surface area contributed by atoms with E-state index < -0.39 is 15.6 Å². The van der Waals surface area contributed by atoms with Crippen LogP contribution in [0.1, 0.15) is 13.8 Å². The smallest absolute Gasteiger partial charge is 0.324 e. The quantitative estimate of drug-likeness (QED) is 0.800. The van der Waals surface area contributed by atoms with Gasteiger partial charge in [-0.15, -0.1) is 0 Å². The Kier molecular flexibility index (Phi) is 4.29. The van der Waals surface area contributed by atoms with Gasteiger partial charge in [0.05, 0.1) is 15.9 Å². The fourth-order valence-electron chi connectivity index (χ4n) is 2.07. The largest absolute Gasteiger partial charge is 0.328 e. The van der Waals surface area contributed by atoms with Crippen LogP contribution in [-0.4, -0.2) is 29.6 Å². The molecule has 9 heteroatoms. The van der Waals surface area contributed by atoms with Crippen LogP contribution in [0.4, 0.5) is 0 Å². The first-order valence-corrected chi connectivity index (χ1v) is 8.85. The van der Waals surface area contributed by atoms with E-state index >= 15 is 0 Å². The summed E-state index contributed by atoms with van der Waals surface area (Å²) in [5, 5.41) is 0. The standard InChI is InChI=1S/C13H19BrN4O3S/c1-13(2,15)7-16-22(20,21)11-6-10-9(5-8(11)14)17(3)12(19)18(10)4/h5-6,16H,7,15H2,1-4H3. The van der Waals surface area contributed by atoms with Gasteiger partial charge in [-0.3, -0.25) is 9.13 Å². The maximum atomic E-state index is 12.5. The average Bonchev–Trinajstić information content (AvgIpc) is 2.60. The van der Waals surface area contributed by atoms with E-state index in [2.05, 4.69) is 20.7 Å². The number of hydrogen-bond donors (Lipinski definition) is 2. The zero-order valence-electron chi connectivity index (χ0n) is 12.8. The van der Waals surface area contributed by atoms with Gasteiger partial charge in [0.2, 0.25) is 10.0 Å². The highest BCUT2D eigenvalue weighted by Gasteiger charge is 2.23. The molecule has 1 heterocycles. The van der Waals surface area contributed by atoms with E-state index in [9.17, 15) is 13.2 Å². The second-order valence-electron chi connectivity index (χ2n) is 5.99. The first-order valence-electron chi connectivity index (χ1n) is 6.57. The van der Waals surface area contributed by atoms with E-state index in [-0.39, 0.29) is 17.1 Å².